The maximum atomic E-state index is 10.9. The second-order valence-corrected chi connectivity index (χ2v) is 3.88. The van der Waals surface area contributed by atoms with Gasteiger partial charge in [0.05, 0.1) is 4.83 Å². The molecule has 0 aliphatic rings. The van der Waals surface area contributed by atoms with E-state index >= 15 is 0 Å². The van der Waals surface area contributed by atoms with Gasteiger partial charge in [-0.1, -0.05) is 39.7 Å². The van der Waals surface area contributed by atoms with E-state index in [-0.39, 0.29) is 10.6 Å². The average Bonchev–Trinajstić information content (AvgIpc) is 2.04. The van der Waals surface area contributed by atoms with Gasteiger partial charge in [-0.25, -0.2) is 0 Å². The van der Waals surface area contributed by atoms with Crippen molar-refractivity contribution in [3.8, 4) is 0 Å². The van der Waals surface area contributed by atoms with Gasteiger partial charge in [-0.05, 0) is 24.6 Å². The van der Waals surface area contributed by atoms with E-state index in [4.69, 9.17) is 11.6 Å². The van der Waals surface area contributed by atoms with Crippen LogP contribution in [-0.4, -0.2) is 5.78 Å². The topological polar surface area (TPSA) is 17.1 Å². The fraction of sp³-hybridized carbons (Fsp3) is 0.222. The van der Waals surface area contributed by atoms with Crippen LogP contribution >= 0.6 is 27.5 Å². The molecule has 1 unspecified atom stereocenters. The quantitative estimate of drug-likeness (QED) is 0.733. The Morgan fingerprint density at radius 1 is 1.42 bits per heavy atom. The molecule has 0 aromatic heterocycles. The molecule has 0 saturated carbocycles. The van der Waals surface area contributed by atoms with E-state index in [9.17, 15) is 4.79 Å². The van der Waals surface area contributed by atoms with Crippen LogP contribution < -0.4 is 0 Å². The second kappa shape index (κ2) is 4.06. The fourth-order valence-corrected chi connectivity index (χ4v) is 1.30. The van der Waals surface area contributed by atoms with Crippen LogP contribution in [0.3, 0.4) is 0 Å². The molecule has 0 amide bonds. The fourth-order valence-electron chi connectivity index (χ4n) is 0.866. The molecule has 0 fully saturated rings. The molecule has 0 aliphatic carbocycles. The summed E-state index contributed by atoms with van der Waals surface area (Å²) in [7, 11) is 0. The van der Waals surface area contributed by atoms with Crippen molar-refractivity contribution in [1.29, 1.82) is 0 Å². The Balaban J connectivity index is 2.89. The molecule has 3 heteroatoms. The van der Waals surface area contributed by atoms with Gasteiger partial charge >= 0.3 is 0 Å². The summed E-state index contributed by atoms with van der Waals surface area (Å²) >= 11 is 8.98. The van der Waals surface area contributed by atoms with Crippen LogP contribution in [0, 0.1) is 0 Å². The van der Waals surface area contributed by atoms with Crippen LogP contribution in [0.15, 0.2) is 24.3 Å². The maximum absolute atomic E-state index is 10.9. The van der Waals surface area contributed by atoms with Gasteiger partial charge in [0, 0.05) is 5.02 Å². The van der Waals surface area contributed by atoms with E-state index in [1.54, 1.807) is 19.1 Å². The highest BCUT2D eigenvalue weighted by atomic mass is 79.9. The molecule has 12 heavy (non-hydrogen) atoms. The molecular weight excluding hydrogens is 239 g/mol. The minimum absolute atomic E-state index is 0.0947. The Morgan fingerprint density at radius 2 is 1.92 bits per heavy atom. The summed E-state index contributed by atoms with van der Waals surface area (Å²) in [6.07, 6.45) is 0. The van der Waals surface area contributed by atoms with E-state index in [0.29, 0.717) is 5.02 Å². The van der Waals surface area contributed by atoms with E-state index in [1.807, 2.05) is 12.1 Å². The lowest BCUT2D eigenvalue weighted by Gasteiger charge is -2.04. The number of ketones is 1. The predicted octanol–water partition coefficient (Wildman–Crippen LogP) is 3.37. The molecule has 1 nitrogen and oxygen atoms in total. The molecule has 0 spiro atoms. The van der Waals surface area contributed by atoms with E-state index < -0.39 is 0 Å². The van der Waals surface area contributed by atoms with Crippen LogP contribution in [-0.2, 0) is 4.79 Å². The first-order valence-electron chi connectivity index (χ1n) is 3.51. The summed E-state index contributed by atoms with van der Waals surface area (Å²) in [5.74, 6) is 0.0947. The van der Waals surface area contributed by atoms with Gasteiger partial charge in [-0.2, -0.15) is 0 Å². The Labute approximate surface area is 84.9 Å². The first-order chi connectivity index (χ1) is 5.61. The minimum Gasteiger partial charge on any atom is -0.298 e. The van der Waals surface area contributed by atoms with Crippen molar-refractivity contribution in [2.45, 2.75) is 11.8 Å². The van der Waals surface area contributed by atoms with Crippen LogP contribution in [0.5, 0.6) is 0 Å². The molecule has 0 bridgehead atoms. The lowest BCUT2D eigenvalue weighted by atomic mass is 10.1. The highest BCUT2D eigenvalue weighted by Gasteiger charge is 2.11. The van der Waals surface area contributed by atoms with Gasteiger partial charge in [-0.15, -0.1) is 0 Å². The first-order valence-corrected chi connectivity index (χ1v) is 4.80. The molecule has 1 aromatic rings. The summed E-state index contributed by atoms with van der Waals surface area (Å²) in [4.78, 5) is 10.7. The van der Waals surface area contributed by atoms with Gasteiger partial charge in [0.15, 0.2) is 0 Å². The monoisotopic (exact) mass is 246 g/mol. The highest BCUT2D eigenvalue weighted by Crippen LogP contribution is 2.24. The van der Waals surface area contributed by atoms with Crippen molar-refractivity contribution in [3.63, 3.8) is 0 Å². The third kappa shape index (κ3) is 2.32. The van der Waals surface area contributed by atoms with Crippen molar-refractivity contribution in [2.24, 2.45) is 0 Å². The van der Waals surface area contributed by atoms with Gasteiger partial charge in [-0.3, -0.25) is 4.79 Å². The van der Waals surface area contributed by atoms with Crippen molar-refractivity contribution in [3.05, 3.63) is 34.9 Å². The predicted molar refractivity (Wildman–Crippen MR) is 53.8 cm³/mol. The van der Waals surface area contributed by atoms with Gasteiger partial charge in [0.2, 0.25) is 0 Å². The molecule has 0 heterocycles. The molecule has 1 rings (SSSR count). The number of Topliss-reactive ketones (excluding diaryl/α,β-unsaturated/α-hetero) is 1. The number of benzene rings is 1. The minimum atomic E-state index is -0.213. The zero-order chi connectivity index (χ0) is 9.14. The number of carbonyl (C=O) groups is 1. The third-order valence-electron chi connectivity index (χ3n) is 1.52. The van der Waals surface area contributed by atoms with Crippen LogP contribution in [0.25, 0.3) is 0 Å². The summed E-state index contributed by atoms with van der Waals surface area (Å²) < 4.78 is 0. The third-order valence-corrected chi connectivity index (χ3v) is 2.94. The summed E-state index contributed by atoms with van der Waals surface area (Å²) in [6, 6.07) is 7.22. The number of halogens is 2. The number of alkyl halides is 1. The lowest BCUT2D eigenvalue weighted by Crippen LogP contribution is -2.00. The largest absolute Gasteiger partial charge is 0.298 e. The lowest BCUT2D eigenvalue weighted by molar-refractivity contribution is -0.116. The van der Waals surface area contributed by atoms with Crippen molar-refractivity contribution in [2.75, 3.05) is 0 Å². The summed E-state index contributed by atoms with van der Waals surface area (Å²) in [5, 5.41) is 0.682. The van der Waals surface area contributed by atoms with Crippen molar-refractivity contribution in [1.82, 2.24) is 0 Å². The standard InChI is InChI=1S/C9H8BrClO/c1-6(12)9(10)7-2-4-8(11)5-3-7/h2-5,9H,1H3. The number of hydrogen-bond donors (Lipinski definition) is 0. The van der Waals surface area contributed by atoms with Crippen LogP contribution in [0.1, 0.15) is 17.3 Å². The summed E-state index contributed by atoms with van der Waals surface area (Å²) in [6.45, 7) is 1.55. The van der Waals surface area contributed by atoms with Crippen LogP contribution in [0.4, 0.5) is 0 Å². The summed E-state index contributed by atoms with van der Waals surface area (Å²) in [5.41, 5.74) is 0.937. The van der Waals surface area contributed by atoms with Gasteiger partial charge < -0.3 is 0 Å². The molecule has 0 radical (unpaired) electrons. The molecular formula is C9H8BrClO. The molecule has 0 aliphatic heterocycles. The molecule has 1 atom stereocenters. The molecule has 0 N–H and O–H groups in total. The Bertz CT molecular complexity index is 281. The zero-order valence-electron chi connectivity index (χ0n) is 6.55. The van der Waals surface area contributed by atoms with Crippen molar-refractivity contribution < 1.29 is 4.79 Å². The van der Waals surface area contributed by atoms with E-state index in [2.05, 4.69) is 15.9 Å². The van der Waals surface area contributed by atoms with E-state index in [1.165, 1.54) is 0 Å². The number of hydrogen-bond acceptors (Lipinski definition) is 1. The Morgan fingerprint density at radius 3 is 2.33 bits per heavy atom. The zero-order valence-corrected chi connectivity index (χ0v) is 8.89. The normalized spacial score (nSPS) is 12.6. The number of carbonyl (C=O) groups excluding carboxylic acids is 1. The smallest absolute Gasteiger partial charge is 0.147 e. The Hall–Kier alpha value is -0.340. The first kappa shape index (κ1) is 9.75. The average molecular weight is 248 g/mol. The van der Waals surface area contributed by atoms with Crippen LogP contribution in [0.2, 0.25) is 5.02 Å². The molecule has 64 valence electrons. The Kier molecular flexibility index (Phi) is 3.29. The van der Waals surface area contributed by atoms with Gasteiger partial charge in [0.25, 0.3) is 0 Å². The van der Waals surface area contributed by atoms with Gasteiger partial charge in [0.1, 0.15) is 5.78 Å². The molecule has 1 aromatic carbocycles. The SMILES string of the molecule is CC(=O)C(Br)c1ccc(Cl)cc1. The molecule has 0 saturated heterocycles. The maximum Gasteiger partial charge on any atom is 0.147 e. The highest BCUT2D eigenvalue weighted by molar-refractivity contribution is 9.09. The van der Waals surface area contributed by atoms with E-state index in [0.717, 1.165) is 5.56 Å². The second-order valence-electron chi connectivity index (χ2n) is 2.52. The van der Waals surface area contributed by atoms with Crippen molar-refractivity contribution >= 4 is 33.3 Å². The number of rotatable bonds is 2.